The number of rotatable bonds is 5. The first kappa shape index (κ1) is 24.7. The molecule has 4 rings (SSSR count). The van der Waals surface area contributed by atoms with Crippen molar-refractivity contribution in [3.63, 3.8) is 0 Å². The second kappa shape index (κ2) is 9.66. The molecule has 1 aliphatic heterocycles. The Kier molecular flexibility index (Phi) is 7.01. The minimum Gasteiger partial charge on any atom is -0.443 e. The second-order valence-corrected chi connectivity index (χ2v) is 12.2. The van der Waals surface area contributed by atoms with E-state index in [-0.39, 0.29) is 12.1 Å². The molecule has 1 saturated heterocycles. The van der Waals surface area contributed by atoms with Crippen LogP contribution >= 0.6 is 0 Å². The number of benzene rings is 1. The molecule has 1 aromatic heterocycles. The molecular weight excluding hydrogens is 450 g/mol. The number of nitrogens with zero attached hydrogens (tertiary/aromatic N) is 3. The van der Waals surface area contributed by atoms with Gasteiger partial charge in [-0.05, 0) is 83.6 Å². The van der Waals surface area contributed by atoms with Crippen molar-refractivity contribution in [2.24, 2.45) is 0 Å². The van der Waals surface area contributed by atoms with Crippen LogP contribution < -0.4 is 4.90 Å². The van der Waals surface area contributed by atoms with E-state index in [9.17, 15) is 13.2 Å². The summed E-state index contributed by atoms with van der Waals surface area (Å²) in [4.78, 5) is 19.5. The topological polar surface area (TPSA) is 79.8 Å². The molecule has 1 aliphatic carbocycles. The van der Waals surface area contributed by atoms with Gasteiger partial charge in [0.1, 0.15) is 11.4 Å². The predicted octanol–water partition coefficient (Wildman–Crippen LogP) is 5.60. The van der Waals surface area contributed by atoms with Crippen LogP contribution in [0.1, 0.15) is 76.5 Å². The zero-order valence-corrected chi connectivity index (χ0v) is 21.3. The summed E-state index contributed by atoms with van der Waals surface area (Å²) >= 11 is 0. The average Bonchev–Trinajstić information content (AvgIpc) is 2.75. The third kappa shape index (κ3) is 5.28. The number of carbonyl (C=O) groups is 1. The van der Waals surface area contributed by atoms with Crippen molar-refractivity contribution >= 4 is 21.9 Å². The summed E-state index contributed by atoms with van der Waals surface area (Å²) in [5.74, 6) is 0.548. The third-order valence-corrected chi connectivity index (χ3v) is 8.44. The molecule has 1 unspecified atom stereocenters. The monoisotopic (exact) mass is 485 g/mol. The quantitative estimate of drug-likeness (QED) is 0.551. The predicted molar refractivity (Wildman–Crippen MR) is 132 cm³/mol. The van der Waals surface area contributed by atoms with E-state index in [1.807, 2.05) is 52.0 Å². The van der Waals surface area contributed by atoms with E-state index in [1.165, 1.54) is 0 Å². The summed E-state index contributed by atoms with van der Waals surface area (Å²) in [6, 6.07) is 10.5. The summed E-state index contributed by atoms with van der Waals surface area (Å²) in [6.45, 7) is 7.98. The Morgan fingerprint density at radius 2 is 1.74 bits per heavy atom. The van der Waals surface area contributed by atoms with Crippen LogP contribution in [0, 0.1) is 6.92 Å². The van der Waals surface area contributed by atoms with Gasteiger partial charge >= 0.3 is 6.09 Å². The van der Waals surface area contributed by atoms with Gasteiger partial charge in [0.15, 0.2) is 0 Å². The van der Waals surface area contributed by atoms with E-state index < -0.39 is 21.7 Å². The van der Waals surface area contributed by atoms with Crippen molar-refractivity contribution in [2.45, 2.75) is 88.8 Å². The van der Waals surface area contributed by atoms with Crippen LogP contribution in [0.5, 0.6) is 0 Å². The maximum absolute atomic E-state index is 13.5. The Labute approximate surface area is 203 Å². The molecular formula is C26H35N3O4S. The lowest BCUT2D eigenvalue weighted by atomic mass is 9.91. The molecule has 8 heteroatoms. The molecule has 1 saturated carbocycles. The van der Waals surface area contributed by atoms with Gasteiger partial charge in [-0.2, -0.15) is 4.31 Å². The molecule has 184 valence electrons. The molecule has 0 N–H and O–H groups in total. The van der Waals surface area contributed by atoms with Crippen molar-refractivity contribution in [3.8, 4) is 0 Å². The molecule has 2 fully saturated rings. The molecule has 2 heterocycles. The summed E-state index contributed by atoms with van der Waals surface area (Å²) in [6.07, 6.45) is 6.79. The third-order valence-electron chi connectivity index (χ3n) is 6.51. The molecule has 1 atom stereocenters. The standard InChI is InChI=1S/C26H35N3O4S/c1-19-11-14-22(15-12-19)34(31,32)28-17-6-5-10-23(28)20-13-16-24(27-18-20)29(21-8-7-9-21)25(30)33-26(2,3)4/h11-16,18,21,23H,5-10,17H2,1-4H3. The first-order chi connectivity index (χ1) is 16.1. The van der Waals surface area contributed by atoms with Crippen molar-refractivity contribution in [2.75, 3.05) is 11.4 Å². The zero-order valence-electron chi connectivity index (χ0n) is 20.5. The summed E-state index contributed by atoms with van der Waals surface area (Å²) < 4.78 is 34.1. The van der Waals surface area contributed by atoms with Gasteiger partial charge < -0.3 is 4.74 Å². The molecule has 7 nitrogen and oxygen atoms in total. The van der Waals surface area contributed by atoms with E-state index in [4.69, 9.17) is 4.74 Å². The van der Waals surface area contributed by atoms with Crippen molar-refractivity contribution < 1.29 is 17.9 Å². The van der Waals surface area contributed by atoms with E-state index >= 15 is 0 Å². The molecule has 2 aliphatic rings. The maximum atomic E-state index is 13.5. The van der Waals surface area contributed by atoms with Crippen molar-refractivity contribution in [1.82, 2.24) is 9.29 Å². The van der Waals surface area contributed by atoms with Crippen LogP contribution in [0.25, 0.3) is 0 Å². The van der Waals surface area contributed by atoms with Gasteiger partial charge in [0.05, 0.1) is 10.9 Å². The molecule has 1 aromatic carbocycles. The SMILES string of the molecule is Cc1ccc(S(=O)(=O)N2CCCCC2c2ccc(N(C(=O)OC(C)(C)C)C3CCC3)nc2)cc1. The minimum atomic E-state index is -3.62. The number of anilines is 1. The molecule has 0 bridgehead atoms. The van der Waals surface area contributed by atoms with E-state index in [2.05, 4.69) is 4.98 Å². The number of ether oxygens (including phenoxy) is 1. The van der Waals surface area contributed by atoms with E-state index in [0.717, 1.165) is 49.7 Å². The number of hydrogen-bond donors (Lipinski definition) is 0. The lowest BCUT2D eigenvalue weighted by Gasteiger charge is -2.38. The van der Waals surface area contributed by atoms with Crippen LogP contribution in [-0.4, -0.2) is 42.0 Å². The molecule has 1 amide bonds. The number of amides is 1. The van der Waals surface area contributed by atoms with Gasteiger partial charge in [-0.1, -0.05) is 30.2 Å². The number of carbonyl (C=O) groups excluding carboxylic acids is 1. The van der Waals surface area contributed by atoms with Crippen molar-refractivity contribution in [1.29, 1.82) is 0 Å². The highest BCUT2D eigenvalue weighted by Gasteiger charge is 2.36. The normalized spacial score (nSPS) is 19.9. The van der Waals surface area contributed by atoms with E-state index in [0.29, 0.717) is 17.3 Å². The van der Waals surface area contributed by atoms with Gasteiger partial charge in [0, 0.05) is 18.8 Å². The Bertz CT molecular complexity index is 1100. The largest absolute Gasteiger partial charge is 0.443 e. The van der Waals surface area contributed by atoms with Gasteiger partial charge in [0.2, 0.25) is 10.0 Å². The average molecular weight is 486 g/mol. The fraction of sp³-hybridized carbons (Fsp3) is 0.538. The Hall–Kier alpha value is -2.45. The highest BCUT2D eigenvalue weighted by Crippen LogP contribution is 2.36. The molecule has 2 aromatic rings. The lowest BCUT2D eigenvalue weighted by Crippen LogP contribution is -2.47. The zero-order chi connectivity index (χ0) is 24.5. The minimum absolute atomic E-state index is 0.0845. The van der Waals surface area contributed by atoms with Crippen LogP contribution in [0.3, 0.4) is 0 Å². The van der Waals surface area contributed by atoms with Gasteiger partial charge in [-0.15, -0.1) is 0 Å². The number of aryl methyl sites for hydroxylation is 1. The fourth-order valence-electron chi connectivity index (χ4n) is 4.49. The number of pyridine rings is 1. The summed E-state index contributed by atoms with van der Waals surface area (Å²) in [5.41, 5.74) is 1.28. The Morgan fingerprint density at radius 3 is 2.29 bits per heavy atom. The fourth-order valence-corrected chi connectivity index (χ4v) is 6.18. The molecule has 0 radical (unpaired) electrons. The highest BCUT2D eigenvalue weighted by atomic mass is 32.2. The van der Waals surface area contributed by atoms with Crippen molar-refractivity contribution in [3.05, 3.63) is 53.7 Å². The number of piperidine rings is 1. The Balaban J connectivity index is 1.60. The number of aromatic nitrogens is 1. The number of sulfonamides is 1. The van der Waals surface area contributed by atoms with Gasteiger partial charge in [0.25, 0.3) is 0 Å². The first-order valence-corrected chi connectivity index (χ1v) is 13.6. The summed E-state index contributed by atoms with van der Waals surface area (Å²) in [5, 5.41) is 0. The smallest absolute Gasteiger partial charge is 0.416 e. The van der Waals surface area contributed by atoms with Crippen LogP contribution in [0.4, 0.5) is 10.6 Å². The highest BCUT2D eigenvalue weighted by molar-refractivity contribution is 7.89. The summed E-state index contributed by atoms with van der Waals surface area (Å²) in [7, 11) is -3.62. The second-order valence-electron chi connectivity index (χ2n) is 10.3. The lowest BCUT2D eigenvalue weighted by molar-refractivity contribution is 0.0548. The van der Waals surface area contributed by atoms with Crippen LogP contribution in [0.15, 0.2) is 47.5 Å². The van der Waals surface area contributed by atoms with Crippen LogP contribution in [0.2, 0.25) is 0 Å². The van der Waals surface area contributed by atoms with Crippen LogP contribution in [-0.2, 0) is 14.8 Å². The number of hydrogen-bond acceptors (Lipinski definition) is 5. The molecule has 0 spiro atoms. The van der Waals surface area contributed by atoms with Gasteiger partial charge in [-0.3, -0.25) is 4.90 Å². The Morgan fingerprint density at radius 1 is 1.03 bits per heavy atom. The molecule has 34 heavy (non-hydrogen) atoms. The van der Waals surface area contributed by atoms with E-state index in [1.54, 1.807) is 27.5 Å². The van der Waals surface area contributed by atoms with Gasteiger partial charge in [-0.25, -0.2) is 18.2 Å². The maximum Gasteiger partial charge on any atom is 0.416 e. The first-order valence-electron chi connectivity index (χ1n) is 12.1.